The molecule has 0 saturated carbocycles. The molecule has 3 heterocycles. The number of rotatable bonds is 3. The summed E-state index contributed by atoms with van der Waals surface area (Å²) in [5.41, 5.74) is 1.72. The molecule has 0 spiro atoms. The van der Waals surface area contributed by atoms with Crippen molar-refractivity contribution in [1.29, 1.82) is 0 Å². The van der Waals surface area contributed by atoms with Crippen molar-refractivity contribution in [2.45, 2.75) is 20.4 Å². The summed E-state index contributed by atoms with van der Waals surface area (Å²) in [6.07, 6.45) is 10.4. The summed E-state index contributed by atoms with van der Waals surface area (Å²) in [6.45, 7) is 3.58. The normalized spacial score (nSPS) is 10.9. The Hall–Kier alpha value is -3.92. The second-order valence-electron chi connectivity index (χ2n) is 6.50. The maximum absolute atomic E-state index is 13.4. The summed E-state index contributed by atoms with van der Waals surface area (Å²) < 4.78 is 3.99. The van der Waals surface area contributed by atoms with Gasteiger partial charge in [0, 0.05) is 17.8 Å². The van der Waals surface area contributed by atoms with Crippen molar-refractivity contribution in [3.63, 3.8) is 0 Å². The van der Waals surface area contributed by atoms with Gasteiger partial charge in [-0.1, -0.05) is 24.1 Å². The second-order valence-corrected chi connectivity index (χ2v) is 6.50. The molecule has 4 aromatic rings. The predicted molar refractivity (Wildman–Crippen MR) is 107 cm³/mol. The Labute approximate surface area is 160 Å². The number of hydrogen-bond donors (Lipinski definition) is 0. The first-order valence-electron chi connectivity index (χ1n) is 8.68. The number of aromatic nitrogens is 5. The van der Waals surface area contributed by atoms with E-state index in [9.17, 15) is 9.59 Å². The van der Waals surface area contributed by atoms with Gasteiger partial charge >= 0.3 is 5.69 Å². The van der Waals surface area contributed by atoms with E-state index in [0.717, 1.165) is 21.0 Å². The van der Waals surface area contributed by atoms with Crippen LogP contribution in [0.3, 0.4) is 0 Å². The van der Waals surface area contributed by atoms with E-state index in [4.69, 9.17) is 6.42 Å². The second kappa shape index (κ2) is 6.67. The summed E-state index contributed by atoms with van der Waals surface area (Å²) in [6, 6.07) is 9.28. The summed E-state index contributed by atoms with van der Waals surface area (Å²) in [5, 5.41) is 5.40. The van der Waals surface area contributed by atoms with Gasteiger partial charge in [0.25, 0.3) is 5.56 Å². The third-order valence-electron chi connectivity index (χ3n) is 4.59. The van der Waals surface area contributed by atoms with Crippen LogP contribution in [-0.4, -0.2) is 23.9 Å². The minimum Gasteiger partial charge on any atom is -0.284 e. The Morgan fingerprint density at radius 2 is 1.93 bits per heavy atom. The molecule has 0 amide bonds. The van der Waals surface area contributed by atoms with Gasteiger partial charge in [-0.05, 0) is 31.5 Å². The molecule has 0 aliphatic heterocycles. The van der Waals surface area contributed by atoms with Gasteiger partial charge in [0.05, 0.1) is 29.6 Å². The molecule has 0 saturated heterocycles. The maximum atomic E-state index is 13.4. The molecule has 138 valence electrons. The lowest BCUT2D eigenvalue weighted by Gasteiger charge is -2.15. The summed E-state index contributed by atoms with van der Waals surface area (Å²) in [4.78, 5) is 30.5. The smallest absolute Gasteiger partial charge is 0.284 e. The van der Waals surface area contributed by atoms with E-state index in [0.29, 0.717) is 11.4 Å². The van der Waals surface area contributed by atoms with E-state index < -0.39 is 11.2 Å². The molecule has 0 aliphatic rings. The molecule has 7 nitrogen and oxygen atoms in total. The molecule has 7 heteroatoms. The largest absolute Gasteiger partial charge is 0.336 e. The molecule has 0 fully saturated rings. The molecule has 0 aliphatic carbocycles. The van der Waals surface area contributed by atoms with Gasteiger partial charge < -0.3 is 0 Å². The third kappa shape index (κ3) is 2.72. The lowest BCUT2D eigenvalue weighted by atomic mass is 10.2. The summed E-state index contributed by atoms with van der Waals surface area (Å²) in [5.74, 6) is 2.48. The van der Waals surface area contributed by atoms with Crippen molar-refractivity contribution >= 4 is 10.9 Å². The third-order valence-corrected chi connectivity index (χ3v) is 4.59. The highest BCUT2D eigenvalue weighted by Gasteiger charge is 2.20. The molecule has 1 aromatic carbocycles. The number of fused-ring (bicyclic) bond motifs is 1. The zero-order valence-electron chi connectivity index (χ0n) is 15.5. The first-order chi connectivity index (χ1) is 13.5. The van der Waals surface area contributed by atoms with E-state index >= 15 is 0 Å². The fraction of sp³-hybridized carbons (Fsp3) is 0.143. The number of aryl methyl sites for hydroxylation is 1. The van der Waals surface area contributed by atoms with Gasteiger partial charge in [-0.3, -0.25) is 14.3 Å². The van der Waals surface area contributed by atoms with Gasteiger partial charge in [-0.25, -0.2) is 14.0 Å². The Kier molecular flexibility index (Phi) is 4.17. The highest BCUT2D eigenvalue weighted by Crippen LogP contribution is 2.16. The van der Waals surface area contributed by atoms with Crippen LogP contribution in [0.1, 0.15) is 11.3 Å². The zero-order chi connectivity index (χ0) is 19.8. The first kappa shape index (κ1) is 17.5. The van der Waals surface area contributed by atoms with Crippen molar-refractivity contribution < 1.29 is 0 Å². The number of nitrogens with zero attached hydrogens (tertiary/aromatic N) is 5. The lowest BCUT2D eigenvalue weighted by Crippen LogP contribution is -2.42. The van der Waals surface area contributed by atoms with E-state index in [1.807, 2.05) is 31.2 Å². The lowest BCUT2D eigenvalue weighted by molar-refractivity contribution is 0.659. The van der Waals surface area contributed by atoms with Crippen LogP contribution in [0.15, 0.2) is 58.5 Å². The van der Waals surface area contributed by atoms with E-state index in [1.54, 1.807) is 25.4 Å². The average molecular weight is 371 g/mol. The van der Waals surface area contributed by atoms with Crippen LogP contribution in [0.4, 0.5) is 0 Å². The van der Waals surface area contributed by atoms with E-state index in [1.165, 1.54) is 15.4 Å². The van der Waals surface area contributed by atoms with Gasteiger partial charge in [0.15, 0.2) is 0 Å². The minimum absolute atomic E-state index is 0.0397. The topological polar surface area (TPSA) is 74.7 Å². The van der Waals surface area contributed by atoms with E-state index in [2.05, 4.69) is 16.0 Å². The predicted octanol–water partition coefficient (Wildman–Crippen LogP) is 1.98. The minimum atomic E-state index is -0.506. The Morgan fingerprint density at radius 1 is 1.14 bits per heavy atom. The molecular weight excluding hydrogens is 354 g/mol. The summed E-state index contributed by atoms with van der Waals surface area (Å²) in [7, 11) is 0. The van der Waals surface area contributed by atoms with Crippen molar-refractivity contribution in [2.24, 2.45) is 0 Å². The molecule has 28 heavy (non-hydrogen) atoms. The quantitative estimate of drug-likeness (QED) is 0.516. The molecule has 0 bridgehead atoms. The molecule has 4 rings (SSSR count). The average Bonchev–Trinajstić information content (AvgIpc) is 3.09. The Bertz CT molecular complexity index is 1340. The molecule has 3 aromatic heterocycles. The molecular formula is C21H17N5O2. The molecule has 0 unspecified atom stereocenters. The van der Waals surface area contributed by atoms with Crippen LogP contribution in [0.25, 0.3) is 22.3 Å². The number of benzene rings is 1. The van der Waals surface area contributed by atoms with Crippen LogP contribution < -0.4 is 11.2 Å². The van der Waals surface area contributed by atoms with Crippen molar-refractivity contribution in [3.05, 3.63) is 81.0 Å². The molecule has 0 atom stereocenters. The Morgan fingerprint density at radius 3 is 2.64 bits per heavy atom. The van der Waals surface area contributed by atoms with Gasteiger partial charge in [-0.2, -0.15) is 5.10 Å². The van der Waals surface area contributed by atoms with Gasteiger partial charge in [0.1, 0.15) is 5.69 Å². The highest BCUT2D eigenvalue weighted by atomic mass is 16.2. The SMILES string of the molecule is C#CCn1c(C)c(-n2cc3ccccc3n2)c(=O)n(-c2cncc(C)c2)c1=O. The van der Waals surface area contributed by atoms with Crippen molar-refractivity contribution in [1.82, 2.24) is 23.9 Å². The highest BCUT2D eigenvalue weighted by molar-refractivity contribution is 5.78. The van der Waals surface area contributed by atoms with Crippen LogP contribution >= 0.6 is 0 Å². The van der Waals surface area contributed by atoms with Crippen LogP contribution in [0, 0.1) is 26.2 Å². The first-order valence-corrected chi connectivity index (χ1v) is 8.68. The summed E-state index contributed by atoms with van der Waals surface area (Å²) >= 11 is 0. The van der Waals surface area contributed by atoms with Crippen molar-refractivity contribution in [2.75, 3.05) is 0 Å². The van der Waals surface area contributed by atoms with Crippen LogP contribution in [-0.2, 0) is 6.54 Å². The maximum Gasteiger partial charge on any atom is 0.336 e. The fourth-order valence-corrected chi connectivity index (χ4v) is 3.25. The number of terminal acetylenes is 1. The van der Waals surface area contributed by atoms with Crippen LogP contribution in [0.2, 0.25) is 0 Å². The monoisotopic (exact) mass is 371 g/mol. The molecule has 0 N–H and O–H groups in total. The van der Waals surface area contributed by atoms with E-state index in [-0.39, 0.29) is 12.2 Å². The fourth-order valence-electron chi connectivity index (χ4n) is 3.25. The van der Waals surface area contributed by atoms with Crippen LogP contribution in [0.5, 0.6) is 0 Å². The Balaban J connectivity index is 2.10. The zero-order valence-corrected chi connectivity index (χ0v) is 15.5. The molecule has 0 radical (unpaired) electrons. The van der Waals surface area contributed by atoms with Gasteiger partial charge in [0.2, 0.25) is 0 Å². The number of hydrogen-bond acceptors (Lipinski definition) is 4. The van der Waals surface area contributed by atoms with Gasteiger partial charge in [-0.15, -0.1) is 6.42 Å². The standard InChI is InChI=1S/C21H17N5O2/c1-4-9-24-15(3)19(25-13-16-7-5-6-8-18(16)23-25)20(27)26(21(24)28)17-10-14(2)11-22-12-17/h1,5-8,10-13H,9H2,2-3H3. The number of pyridine rings is 1. The van der Waals surface area contributed by atoms with Crippen molar-refractivity contribution in [3.8, 4) is 23.7 Å².